The van der Waals surface area contributed by atoms with E-state index >= 15 is 0 Å². The number of phosphoric acid groups is 1. The van der Waals surface area contributed by atoms with Crippen LogP contribution in [0, 0.1) is 11.7 Å². The highest BCUT2D eigenvalue weighted by molar-refractivity contribution is 7.46. The summed E-state index contributed by atoms with van der Waals surface area (Å²) in [7, 11) is -3.34. The molecule has 5 unspecified atom stereocenters. The number of carbonyl (C=O) groups excluding carboxylic acids is 1. The highest BCUT2D eigenvalue weighted by atomic mass is 31.2. The molecule has 2 fully saturated rings. The molecule has 0 spiro atoms. The van der Waals surface area contributed by atoms with Gasteiger partial charge in [0.1, 0.15) is 17.7 Å². The zero-order chi connectivity index (χ0) is 18.2. The van der Waals surface area contributed by atoms with Gasteiger partial charge in [0.25, 0.3) is 0 Å². The molecule has 9 heteroatoms. The predicted octanol–water partition coefficient (Wildman–Crippen LogP) is 1.70. The number of Topliss-reactive ketones (excluding diaryl/α,β-unsaturated/α-hetero) is 1. The summed E-state index contributed by atoms with van der Waals surface area (Å²) in [4.78, 5) is 31.1. The Morgan fingerprint density at radius 1 is 1.32 bits per heavy atom. The van der Waals surface area contributed by atoms with E-state index in [0.717, 1.165) is 0 Å². The minimum atomic E-state index is -4.76. The van der Waals surface area contributed by atoms with Crippen molar-refractivity contribution in [1.82, 2.24) is 5.32 Å². The number of methoxy groups -OCH3 is 1. The quantitative estimate of drug-likeness (QED) is 0.690. The fourth-order valence-electron chi connectivity index (χ4n) is 3.88. The van der Waals surface area contributed by atoms with Gasteiger partial charge in [0.05, 0.1) is 12.0 Å². The third kappa shape index (κ3) is 4.16. The van der Waals surface area contributed by atoms with Gasteiger partial charge in [-0.25, -0.2) is 8.96 Å². The van der Waals surface area contributed by atoms with Crippen LogP contribution in [-0.2, 0) is 18.6 Å². The standard InChI is InChI=1S/C16H21FNO6P/c1-23-14-6-5-11-15(16(14)24-25(20,21)22)13(19)8-12(18-11)9-3-2-4-10(17)7-9/h2-4,7,11-12,14-16,18H,5-6,8H2,1H3,(H2,20,21,22). The number of ether oxygens (including phenoxy) is 1. The van der Waals surface area contributed by atoms with E-state index in [2.05, 4.69) is 5.32 Å². The summed E-state index contributed by atoms with van der Waals surface area (Å²) in [5.41, 5.74) is 0.674. The van der Waals surface area contributed by atoms with Gasteiger partial charge >= 0.3 is 7.82 Å². The molecule has 3 N–H and O–H groups in total. The summed E-state index contributed by atoms with van der Waals surface area (Å²) >= 11 is 0. The molecule has 0 radical (unpaired) electrons. The first-order valence-electron chi connectivity index (χ1n) is 8.09. The lowest BCUT2D eigenvalue weighted by atomic mass is 9.73. The van der Waals surface area contributed by atoms with Crippen molar-refractivity contribution in [1.29, 1.82) is 0 Å². The van der Waals surface area contributed by atoms with E-state index < -0.39 is 25.9 Å². The molecule has 1 heterocycles. The van der Waals surface area contributed by atoms with Gasteiger partial charge in [0, 0.05) is 25.6 Å². The maximum absolute atomic E-state index is 13.5. The van der Waals surface area contributed by atoms with E-state index in [9.17, 15) is 23.5 Å². The largest absolute Gasteiger partial charge is 0.469 e. The lowest BCUT2D eigenvalue weighted by Crippen LogP contribution is -2.59. The van der Waals surface area contributed by atoms with Crippen molar-refractivity contribution < 1.29 is 32.8 Å². The highest BCUT2D eigenvalue weighted by Crippen LogP contribution is 2.45. The topological polar surface area (TPSA) is 105 Å². The lowest BCUT2D eigenvalue weighted by molar-refractivity contribution is -0.141. The number of rotatable bonds is 4. The minimum absolute atomic E-state index is 0.0993. The van der Waals surface area contributed by atoms with Gasteiger partial charge in [0.2, 0.25) is 0 Å². The third-order valence-electron chi connectivity index (χ3n) is 4.92. The van der Waals surface area contributed by atoms with Crippen LogP contribution in [0.1, 0.15) is 30.9 Å². The number of halogens is 1. The van der Waals surface area contributed by atoms with Gasteiger partial charge in [-0.15, -0.1) is 0 Å². The smallest absolute Gasteiger partial charge is 0.379 e. The van der Waals surface area contributed by atoms with E-state index in [1.165, 1.54) is 19.2 Å². The summed E-state index contributed by atoms with van der Waals surface area (Å²) in [5, 5.41) is 3.31. The zero-order valence-electron chi connectivity index (χ0n) is 13.7. The van der Waals surface area contributed by atoms with Crippen molar-refractivity contribution in [3.63, 3.8) is 0 Å². The van der Waals surface area contributed by atoms with Crippen molar-refractivity contribution in [2.75, 3.05) is 7.11 Å². The lowest BCUT2D eigenvalue weighted by Gasteiger charge is -2.46. The third-order valence-corrected chi connectivity index (χ3v) is 5.44. The molecule has 2 aliphatic rings. The number of benzene rings is 1. The molecule has 1 saturated carbocycles. The molecule has 3 rings (SSSR count). The van der Waals surface area contributed by atoms with Gasteiger partial charge in [-0.05, 0) is 30.5 Å². The number of nitrogens with one attached hydrogen (secondary N) is 1. The monoisotopic (exact) mass is 373 g/mol. The maximum atomic E-state index is 13.5. The molecule has 138 valence electrons. The molecule has 25 heavy (non-hydrogen) atoms. The van der Waals surface area contributed by atoms with Crippen LogP contribution in [0.2, 0.25) is 0 Å². The summed E-state index contributed by atoms with van der Waals surface area (Å²) < 4.78 is 34.9. The van der Waals surface area contributed by atoms with Crippen LogP contribution in [0.25, 0.3) is 0 Å². The minimum Gasteiger partial charge on any atom is -0.379 e. The van der Waals surface area contributed by atoms with Crippen LogP contribution in [0.15, 0.2) is 24.3 Å². The number of piperidine rings is 1. The molecular weight excluding hydrogens is 352 g/mol. The van der Waals surface area contributed by atoms with Crippen LogP contribution in [0.3, 0.4) is 0 Å². The molecule has 0 aromatic heterocycles. The molecule has 5 atom stereocenters. The summed E-state index contributed by atoms with van der Waals surface area (Å²) in [6, 6.07) is 5.42. The number of hydrogen-bond acceptors (Lipinski definition) is 5. The molecule has 1 aliphatic heterocycles. The molecule has 1 aromatic rings. The Bertz CT molecular complexity index is 695. The summed E-state index contributed by atoms with van der Waals surface area (Å²) in [5.74, 6) is -1.26. The van der Waals surface area contributed by atoms with Gasteiger partial charge in [-0.1, -0.05) is 12.1 Å². The van der Waals surface area contributed by atoms with Gasteiger partial charge in [-0.3, -0.25) is 9.32 Å². The van der Waals surface area contributed by atoms with E-state index in [4.69, 9.17) is 9.26 Å². The van der Waals surface area contributed by atoms with Crippen LogP contribution >= 0.6 is 7.82 Å². The number of carbonyl (C=O) groups is 1. The Morgan fingerprint density at radius 2 is 2.08 bits per heavy atom. The second-order valence-electron chi connectivity index (χ2n) is 6.49. The normalized spacial score (nSPS) is 33.1. The summed E-state index contributed by atoms with van der Waals surface area (Å²) in [6.45, 7) is 0. The number of hydrogen-bond donors (Lipinski definition) is 3. The Labute approximate surface area is 144 Å². The van der Waals surface area contributed by atoms with Gasteiger partial charge in [0.15, 0.2) is 0 Å². The van der Waals surface area contributed by atoms with Gasteiger partial charge < -0.3 is 19.8 Å². The fourth-order valence-corrected chi connectivity index (χ4v) is 4.46. The van der Waals surface area contributed by atoms with E-state index in [1.54, 1.807) is 12.1 Å². The molecular formula is C16H21FNO6P. The molecule has 1 aromatic carbocycles. The Kier molecular flexibility index (Phi) is 5.39. The maximum Gasteiger partial charge on any atom is 0.469 e. The van der Waals surface area contributed by atoms with Crippen LogP contribution < -0.4 is 5.32 Å². The second kappa shape index (κ2) is 7.23. The Hall–Kier alpha value is -1.15. The second-order valence-corrected chi connectivity index (χ2v) is 7.68. The van der Waals surface area contributed by atoms with Gasteiger partial charge in [-0.2, -0.15) is 0 Å². The average molecular weight is 373 g/mol. The Balaban J connectivity index is 1.83. The van der Waals surface area contributed by atoms with E-state index in [0.29, 0.717) is 18.4 Å². The Morgan fingerprint density at radius 3 is 2.72 bits per heavy atom. The highest BCUT2D eigenvalue weighted by Gasteiger charge is 2.50. The number of phosphoric ester groups is 1. The average Bonchev–Trinajstić information content (AvgIpc) is 2.53. The van der Waals surface area contributed by atoms with Crippen molar-refractivity contribution in [2.45, 2.75) is 43.6 Å². The zero-order valence-corrected chi connectivity index (χ0v) is 14.6. The molecule has 7 nitrogen and oxygen atoms in total. The fraction of sp³-hybridized carbons (Fsp3) is 0.562. The SMILES string of the molecule is COC1CCC2NC(c3cccc(F)c3)CC(=O)C2C1OP(=O)(O)O. The van der Waals surface area contributed by atoms with Crippen LogP contribution in [0.4, 0.5) is 4.39 Å². The van der Waals surface area contributed by atoms with Crippen molar-refractivity contribution in [2.24, 2.45) is 5.92 Å². The summed E-state index contributed by atoms with van der Waals surface area (Å²) in [6.07, 6.45) is -0.383. The molecule has 1 saturated heterocycles. The van der Waals surface area contributed by atoms with Crippen LogP contribution in [0.5, 0.6) is 0 Å². The number of ketones is 1. The first-order chi connectivity index (χ1) is 11.8. The van der Waals surface area contributed by atoms with E-state index in [1.807, 2.05) is 0 Å². The number of fused-ring (bicyclic) bond motifs is 1. The first-order valence-corrected chi connectivity index (χ1v) is 9.62. The first kappa shape index (κ1) is 18.6. The van der Waals surface area contributed by atoms with E-state index in [-0.39, 0.29) is 30.1 Å². The van der Waals surface area contributed by atoms with Crippen LogP contribution in [-0.4, -0.2) is 40.9 Å². The molecule has 1 aliphatic carbocycles. The molecule has 0 amide bonds. The van der Waals surface area contributed by atoms with Crippen molar-refractivity contribution in [3.8, 4) is 0 Å². The molecule has 0 bridgehead atoms. The predicted molar refractivity (Wildman–Crippen MR) is 86.1 cm³/mol. The van der Waals surface area contributed by atoms with Crippen molar-refractivity contribution >= 4 is 13.6 Å². The van der Waals surface area contributed by atoms with Crippen molar-refractivity contribution in [3.05, 3.63) is 35.6 Å².